The zero-order valence-corrected chi connectivity index (χ0v) is 7.43. The molecule has 0 atom stereocenters. The van der Waals surface area contributed by atoms with Crippen molar-refractivity contribution < 1.29 is 0 Å². The highest BCUT2D eigenvalue weighted by molar-refractivity contribution is 9.10. The van der Waals surface area contributed by atoms with E-state index in [2.05, 4.69) is 21.2 Å². The van der Waals surface area contributed by atoms with Gasteiger partial charge in [0, 0.05) is 4.47 Å². The van der Waals surface area contributed by atoms with Crippen molar-refractivity contribution in [2.24, 2.45) is 0 Å². The van der Waals surface area contributed by atoms with Gasteiger partial charge in [-0.25, -0.2) is 0 Å². The lowest BCUT2D eigenvalue weighted by Gasteiger charge is -2.00. The number of nitriles is 1. The van der Waals surface area contributed by atoms with Gasteiger partial charge in [0.2, 0.25) is 0 Å². The van der Waals surface area contributed by atoms with Gasteiger partial charge in [-0.1, -0.05) is 34.1 Å². The second kappa shape index (κ2) is 3.99. The largest absolute Gasteiger partial charge is 0.319 e. The van der Waals surface area contributed by atoms with Crippen LogP contribution in [-0.4, -0.2) is 0 Å². The van der Waals surface area contributed by atoms with Crippen LogP contribution >= 0.6 is 15.9 Å². The van der Waals surface area contributed by atoms with Crippen molar-refractivity contribution in [2.75, 3.05) is 0 Å². The molecule has 0 aromatic heterocycles. The summed E-state index contributed by atoms with van der Waals surface area (Å²) in [6.07, 6.45) is 1.87. The minimum absolute atomic E-state index is 0.581. The number of halogens is 1. The van der Waals surface area contributed by atoms with Crippen LogP contribution < -0.4 is 5.32 Å². The summed E-state index contributed by atoms with van der Waals surface area (Å²) < 4.78 is 1.03. The molecule has 1 N–H and O–H groups in total. The summed E-state index contributed by atoms with van der Waals surface area (Å²) in [4.78, 5) is 0. The van der Waals surface area contributed by atoms with Gasteiger partial charge >= 0.3 is 0 Å². The molecular weight excluding hydrogens is 204 g/mol. The van der Waals surface area contributed by atoms with Crippen molar-refractivity contribution in [3.63, 3.8) is 0 Å². The number of rotatable bonds is 2. The predicted octanol–water partition coefficient (Wildman–Crippen LogP) is 2.02. The first-order valence-corrected chi connectivity index (χ1v) is 3.99. The van der Waals surface area contributed by atoms with E-state index >= 15 is 0 Å². The minimum Gasteiger partial charge on any atom is -0.319 e. The molecule has 2 nitrogen and oxygen atoms in total. The molecular formula is C8H7BrN2. The quantitative estimate of drug-likeness (QED) is 0.600. The Bertz CT molecular complexity index is 278. The van der Waals surface area contributed by atoms with Gasteiger partial charge in [0.15, 0.2) is 6.19 Å². The van der Waals surface area contributed by atoms with E-state index in [0.717, 1.165) is 10.0 Å². The molecule has 0 aliphatic heterocycles. The van der Waals surface area contributed by atoms with Crippen molar-refractivity contribution in [1.82, 2.24) is 5.32 Å². The first-order chi connectivity index (χ1) is 5.34. The average molecular weight is 211 g/mol. The Balaban J connectivity index is 2.71. The van der Waals surface area contributed by atoms with Gasteiger partial charge in [0.25, 0.3) is 0 Å². The Morgan fingerprint density at radius 1 is 1.45 bits per heavy atom. The molecule has 1 rings (SSSR count). The SMILES string of the molecule is N#CNCc1ccccc1Br. The zero-order chi connectivity index (χ0) is 8.10. The van der Waals surface area contributed by atoms with E-state index < -0.39 is 0 Å². The summed E-state index contributed by atoms with van der Waals surface area (Å²) in [6.45, 7) is 0.581. The molecule has 0 aliphatic carbocycles. The van der Waals surface area contributed by atoms with Gasteiger partial charge in [-0.2, -0.15) is 5.26 Å². The smallest absolute Gasteiger partial charge is 0.176 e. The van der Waals surface area contributed by atoms with E-state index in [0.29, 0.717) is 6.54 Å². The Morgan fingerprint density at radius 3 is 2.82 bits per heavy atom. The van der Waals surface area contributed by atoms with Gasteiger partial charge in [-0.05, 0) is 11.6 Å². The highest BCUT2D eigenvalue weighted by Crippen LogP contribution is 2.14. The molecule has 0 spiro atoms. The lowest BCUT2D eigenvalue weighted by Crippen LogP contribution is -2.04. The van der Waals surface area contributed by atoms with E-state index in [1.165, 1.54) is 0 Å². The van der Waals surface area contributed by atoms with Crippen LogP contribution in [0, 0.1) is 11.5 Å². The fourth-order valence-electron chi connectivity index (χ4n) is 0.777. The number of nitrogens with one attached hydrogen (secondary N) is 1. The third kappa shape index (κ3) is 2.24. The van der Waals surface area contributed by atoms with Gasteiger partial charge in [-0.15, -0.1) is 0 Å². The molecule has 0 unspecified atom stereocenters. The van der Waals surface area contributed by atoms with Crippen LogP contribution in [0.1, 0.15) is 5.56 Å². The van der Waals surface area contributed by atoms with E-state index in [-0.39, 0.29) is 0 Å². The minimum atomic E-state index is 0.581. The summed E-state index contributed by atoms with van der Waals surface area (Å²) in [7, 11) is 0. The summed E-state index contributed by atoms with van der Waals surface area (Å²) in [5.74, 6) is 0. The summed E-state index contributed by atoms with van der Waals surface area (Å²) >= 11 is 3.38. The first-order valence-electron chi connectivity index (χ1n) is 3.20. The Hall–Kier alpha value is -1.01. The molecule has 0 saturated carbocycles. The summed E-state index contributed by atoms with van der Waals surface area (Å²) in [6, 6.07) is 7.81. The maximum absolute atomic E-state index is 8.24. The number of hydrogen-bond donors (Lipinski definition) is 1. The molecule has 0 aliphatic rings. The molecule has 0 heterocycles. The second-order valence-corrected chi connectivity index (χ2v) is 2.91. The van der Waals surface area contributed by atoms with Crippen molar-refractivity contribution in [3.05, 3.63) is 34.3 Å². The topological polar surface area (TPSA) is 35.8 Å². The Kier molecular flexibility index (Phi) is 2.94. The predicted molar refractivity (Wildman–Crippen MR) is 46.6 cm³/mol. The van der Waals surface area contributed by atoms with Crippen LogP contribution in [0.25, 0.3) is 0 Å². The Labute approximate surface area is 74.0 Å². The molecule has 1 aromatic rings. The molecule has 3 heteroatoms. The lowest BCUT2D eigenvalue weighted by molar-refractivity contribution is 0.880. The second-order valence-electron chi connectivity index (χ2n) is 2.06. The van der Waals surface area contributed by atoms with Crippen LogP contribution in [0.15, 0.2) is 28.7 Å². The number of nitrogens with zero attached hydrogens (tertiary/aromatic N) is 1. The maximum atomic E-state index is 8.24. The number of benzene rings is 1. The molecule has 1 aromatic carbocycles. The van der Waals surface area contributed by atoms with Crippen LogP contribution in [-0.2, 0) is 6.54 Å². The van der Waals surface area contributed by atoms with Crippen molar-refractivity contribution in [1.29, 1.82) is 5.26 Å². The third-order valence-corrected chi connectivity index (χ3v) is 2.09. The highest BCUT2D eigenvalue weighted by Gasteiger charge is 1.94. The fourth-order valence-corrected chi connectivity index (χ4v) is 1.20. The van der Waals surface area contributed by atoms with Gasteiger partial charge in [-0.3, -0.25) is 0 Å². The molecule has 0 amide bonds. The van der Waals surface area contributed by atoms with Gasteiger partial charge < -0.3 is 5.32 Å². The average Bonchev–Trinajstić information content (AvgIpc) is 2.03. The van der Waals surface area contributed by atoms with Gasteiger partial charge in [0.05, 0.1) is 6.54 Å². The standard InChI is InChI=1S/C8H7BrN2/c9-8-4-2-1-3-7(8)5-11-6-10/h1-4,11H,5H2. The van der Waals surface area contributed by atoms with E-state index in [9.17, 15) is 0 Å². The van der Waals surface area contributed by atoms with Crippen LogP contribution in [0.5, 0.6) is 0 Å². The van der Waals surface area contributed by atoms with Crippen molar-refractivity contribution >= 4 is 15.9 Å². The normalized spacial score (nSPS) is 8.73. The first kappa shape index (κ1) is 8.09. The van der Waals surface area contributed by atoms with Crippen molar-refractivity contribution in [3.8, 4) is 6.19 Å². The lowest BCUT2D eigenvalue weighted by atomic mass is 10.2. The summed E-state index contributed by atoms with van der Waals surface area (Å²) in [5.41, 5.74) is 1.09. The molecule has 11 heavy (non-hydrogen) atoms. The van der Waals surface area contributed by atoms with E-state index in [1.54, 1.807) is 0 Å². The van der Waals surface area contributed by atoms with E-state index in [1.807, 2.05) is 30.5 Å². The fraction of sp³-hybridized carbons (Fsp3) is 0.125. The van der Waals surface area contributed by atoms with Crippen LogP contribution in [0.2, 0.25) is 0 Å². The van der Waals surface area contributed by atoms with Crippen molar-refractivity contribution in [2.45, 2.75) is 6.54 Å². The monoisotopic (exact) mass is 210 g/mol. The Morgan fingerprint density at radius 2 is 2.18 bits per heavy atom. The van der Waals surface area contributed by atoms with Crippen LogP contribution in [0.4, 0.5) is 0 Å². The maximum Gasteiger partial charge on any atom is 0.176 e. The van der Waals surface area contributed by atoms with E-state index in [4.69, 9.17) is 5.26 Å². The zero-order valence-electron chi connectivity index (χ0n) is 5.84. The van der Waals surface area contributed by atoms with Crippen LogP contribution in [0.3, 0.4) is 0 Å². The molecule has 56 valence electrons. The molecule has 0 fully saturated rings. The van der Waals surface area contributed by atoms with Gasteiger partial charge in [0.1, 0.15) is 0 Å². The highest BCUT2D eigenvalue weighted by atomic mass is 79.9. The summed E-state index contributed by atoms with van der Waals surface area (Å²) in [5, 5.41) is 10.8. The third-order valence-electron chi connectivity index (χ3n) is 1.32. The number of hydrogen-bond acceptors (Lipinski definition) is 2. The molecule has 0 radical (unpaired) electrons. The molecule has 0 bridgehead atoms. The molecule has 0 saturated heterocycles.